The Labute approximate surface area is 129 Å². The maximum atomic E-state index is 11.0. The number of pyridine rings is 1. The number of carboxylic acid groups (broad SMARTS) is 1. The van der Waals surface area contributed by atoms with Crippen LogP contribution in [0.4, 0.5) is 11.5 Å². The van der Waals surface area contributed by atoms with E-state index in [0.29, 0.717) is 5.82 Å². The van der Waals surface area contributed by atoms with Gasteiger partial charge in [0, 0.05) is 9.26 Å². The molecule has 0 aliphatic rings. The molecule has 0 atom stereocenters. The summed E-state index contributed by atoms with van der Waals surface area (Å²) >= 11 is 7.99. The number of carbonyl (C=O) groups is 1. The van der Waals surface area contributed by atoms with Crippen molar-refractivity contribution < 1.29 is 9.90 Å². The number of hydrogen-bond acceptors (Lipinski definition) is 3. The average Bonchev–Trinajstić information content (AvgIpc) is 2.36. The lowest BCUT2D eigenvalue weighted by Crippen LogP contribution is -2.04. The van der Waals surface area contributed by atoms with E-state index in [1.807, 2.05) is 25.1 Å². The van der Waals surface area contributed by atoms with Crippen LogP contribution < -0.4 is 5.32 Å². The summed E-state index contributed by atoms with van der Waals surface area (Å²) < 4.78 is 1.08. The van der Waals surface area contributed by atoms with Gasteiger partial charge in [0.1, 0.15) is 5.82 Å². The van der Waals surface area contributed by atoms with Gasteiger partial charge in [0.25, 0.3) is 0 Å². The third-order valence-corrected chi connectivity index (χ3v) is 3.49. The molecule has 4 nitrogen and oxygen atoms in total. The minimum absolute atomic E-state index is 0.123. The number of nitrogens with zero attached hydrogens (tertiary/aromatic N) is 1. The van der Waals surface area contributed by atoms with Crippen LogP contribution in [0.25, 0.3) is 0 Å². The van der Waals surface area contributed by atoms with E-state index in [0.717, 1.165) is 14.8 Å². The molecule has 0 amide bonds. The monoisotopic (exact) mass is 388 g/mol. The van der Waals surface area contributed by atoms with E-state index in [-0.39, 0.29) is 10.7 Å². The zero-order valence-corrected chi connectivity index (χ0v) is 12.9. The van der Waals surface area contributed by atoms with Gasteiger partial charge in [-0.05, 0) is 59.3 Å². The molecule has 0 spiro atoms. The van der Waals surface area contributed by atoms with Crippen LogP contribution in [0.15, 0.2) is 30.3 Å². The fourth-order valence-electron chi connectivity index (χ4n) is 1.53. The van der Waals surface area contributed by atoms with Crippen LogP contribution in [0, 0.1) is 10.5 Å². The van der Waals surface area contributed by atoms with Crippen molar-refractivity contribution in [2.45, 2.75) is 6.92 Å². The molecule has 1 aromatic carbocycles. The minimum atomic E-state index is -1.15. The molecular formula is C13H10ClIN2O2. The van der Waals surface area contributed by atoms with E-state index in [2.05, 4.69) is 32.9 Å². The maximum absolute atomic E-state index is 11.0. The molecule has 0 unspecified atom stereocenters. The molecule has 1 aromatic heterocycles. The van der Waals surface area contributed by atoms with Crippen molar-refractivity contribution in [2.75, 3.05) is 5.32 Å². The van der Waals surface area contributed by atoms with Gasteiger partial charge in [-0.15, -0.1) is 0 Å². The number of aryl methyl sites for hydroxylation is 1. The Morgan fingerprint density at radius 1 is 1.37 bits per heavy atom. The highest BCUT2D eigenvalue weighted by molar-refractivity contribution is 14.1. The lowest BCUT2D eigenvalue weighted by atomic mass is 10.2. The largest absolute Gasteiger partial charge is 0.476 e. The first kappa shape index (κ1) is 14.1. The number of halogens is 2. The van der Waals surface area contributed by atoms with Crippen LogP contribution in [0.5, 0.6) is 0 Å². The van der Waals surface area contributed by atoms with Crippen molar-refractivity contribution in [2.24, 2.45) is 0 Å². The van der Waals surface area contributed by atoms with E-state index in [9.17, 15) is 4.79 Å². The SMILES string of the molecule is Cc1ccc(I)cc1Nc1ccc(Cl)c(C(=O)O)n1. The van der Waals surface area contributed by atoms with Gasteiger partial charge in [-0.3, -0.25) is 0 Å². The predicted octanol–water partition coefficient (Wildman–Crippen LogP) is 4.09. The molecule has 0 aliphatic heterocycles. The Bertz CT molecular complexity index is 647. The van der Waals surface area contributed by atoms with Crippen molar-refractivity contribution in [3.05, 3.63) is 50.2 Å². The Kier molecular flexibility index (Phi) is 4.26. The fraction of sp³-hybridized carbons (Fsp3) is 0.0769. The molecule has 0 bridgehead atoms. The van der Waals surface area contributed by atoms with Crippen molar-refractivity contribution in [1.29, 1.82) is 0 Å². The van der Waals surface area contributed by atoms with Gasteiger partial charge in [-0.2, -0.15) is 0 Å². The lowest BCUT2D eigenvalue weighted by molar-refractivity contribution is 0.0691. The Balaban J connectivity index is 2.36. The molecule has 19 heavy (non-hydrogen) atoms. The molecule has 1 heterocycles. The minimum Gasteiger partial charge on any atom is -0.476 e. The summed E-state index contributed by atoms with van der Waals surface area (Å²) in [4.78, 5) is 15.0. The van der Waals surface area contributed by atoms with Crippen LogP contribution in [-0.2, 0) is 0 Å². The summed E-state index contributed by atoms with van der Waals surface area (Å²) in [7, 11) is 0. The van der Waals surface area contributed by atoms with E-state index in [4.69, 9.17) is 16.7 Å². The number of aromatic carboxylic acids is 1. The first-order chi connectivity index (χ1) is 8.97. The average molecular weight is 389 g/mol. The third kappa shape index (κ3) is 3.36. The van der Waals surface area contributed by atoms with Gasteiger partial charge in [-0.25, -0.2) is 9.78 Å². The van der Waals surface area contributed by atoms with Crippen LogP contribution >= 0.6 is 34.2 Å². The number of anilines is 2. The molecule has 0 fully saturated rings. The molecule has 2 rings (SSSR count). The van der Waals surface area contributed by atoms with Gasteiger partial charge in [0.15, 0.2) is 5.69 Å². The second-order valence-electron chi connectivity index (χ2n) is 3.92. The van der Waals surface area contributed by atoms with E-state index >= 15 is 0 Å². The highest BCUT2D eigenvalue weighted by Gasteiger charge is 2.11. The molecular weight excluding hydrogens is 379 g/mol. The van der Waals surface area contributed by atoms with Gasteiger partial charge < -0.3 is 10.4 Å². The van der Waals surface area contributed by atoms with Crippen molar-refractivity contribution in [1.82, 2.24) is 4.98 Å². The smallest absolute Gasteiger partial charge is 0.356 e. The number of benzene rings is 1. The van der Waals surface area contributed by atoms with Crippen molar-refractivity contribution in [3.8, 4) is 0 Å². The summed E-state index contributed by atoms with van der Waals surface area (Å²) in [6.07, 6.45) is 0. The van der Waals surface area contributed by atoms with E-state index < -0.39 is 5.97 Å². The van der Waals surface area contributed by atoms with Gasteiger partial charge in [0.2, 0.25) is 0 Å². The maximum Gasteiger partial charge on any atom is 0.356 e. The van der Waals surface area contributed by atoms with Crippen molar-refractivity contribution in [3.63, 3.8) is 0 Å². The molecule has 98 valence electrons. The third-order valence-electron chi connectivity index (χ3n) is 2.51. The topological polar surface area (TPSA) is 62.2 Å². The summed E-state index contributed by atoms with van der Waals surface area (Å²) in [6.45, 7) is 1.96. The van der Waals surface area contributed by atoms with Gasteiger partial charge in [-0.1, -0.05) is 17.7 Å². The molecule has 2 N–H and O–H groups in total. The standard InChI is InChI=1S/C13H10ClIN2O2/c1-7-2-3-8(15)6-10(7)16-11-5-4-9(14)12(17-11)13(18)19/h2-6H,1H3,(H,16,17)(H,18,19). The van der Waals surface area contributed by atoms with E-state index in [1.165, 1.54) is 6.07 Å². The Morgan fingerprint density at radius 2 is 2.11 bits per heavy atom. The molecule has 0 saturated carbocycles. The quantitative estimate of drug-likeness (QED) is 0.778. The number of hydrogen-bond donors (Lipinski definition) is 2. The second kappa shape index (κ2) is 5.75. The first-order valence-corrected chi connectivity index (χ1v) is 6.86. The van der Waals surface area contributed by atoms with E-state index in [1.54, 1.807) is 6.07 Å². The van der Waals surface area contributed by atoms with Crippen molar-refractivity contribution >= 4 is 51.7 Å². The highest BCUT2D eigenvalue weighted by Crippen LogP contribution is 2.23. The first-order valence-electron chi connectivity index (χ1n) is 5.40. The predicted molar refractivity (Wildman–Crippen MR) is 83.4 cm³/mol. The zero-order chi connectivity index (χ0) is 14.0. The number of carboxylic acids is 1. The normalized spacial score (nSPS) is 10.3. The van der Waals surface area contributed by atoms with Crippen LogP contribution in [0.3, 0.4) is 0 Å². The number of aromatic nitrogens is 1. The molecule has 0 aliphatic carbocycles. The van der Waals surface area contributed by atoms with Crippen LogP contribution in [0.2, 0.25) is 5.02 Å². The fourth-order valence-corrected chi connectivity index (χ4v) is 2.21. The van der Waals surface area contributed by atoms with Crippen LogP contribution in [-0.4, -0.2) is 16.1 Å². The summed E-state index contributed by atoms with van der Waals surface area (Å²) in [5.74, 6) is -0.695. The van der Waals surface area contributed by atoms with Gasteiger partial charge in [0.05, 0.1) is 5.02 Å². The Hall–Kier alpha value is -1.34. The lowest BCUT2D eigenvalue weighted by Gasteiger charge is -2.10. The van der Waals surface area contributed by atoms with Crippen LogP contribution in [0.1, 0.15) is 16.1 Å². The second-order valence-corrected chi connectivity index (χ2v) is 5.57. The number of nitrogens with one attached hydrogen (secondary N) is 1. The molecule has 0 radical (unpaired) electrons. The summed E-state index contributed by atoms with van der Waals surface area (Å²) in [5, 5.41) is 12.2. The van der Waals surface area contributed by atoms with Gasteiger partial charge >= 0.3 is 5.97 Å². The highest BCUT2D eigenvalue weighted by atomic mass is 127. The number of rotatable bonds is 3. The Morgan fingerprint density at radius 3 is 2.79 bits per heavy atom. The molecule has 6 heteroatoms. The molecule has 2 aromatic rings. The summed E-state index contributed by atoms with van der Waals surface area (Å²) in [5.41, 5.74) is 1.78. The zero-order valence-electron chi connectivity index (χ0n) is 9.95. The summed E-state index contributed by atoms with van der Waals surface area (Å²) in [6, 6.07) is 9.11. The molecule has 0 saturated heterocycles.